The fourth-order valence-electron chi connectivity index (χ4n) is 1.03. The normalized spacial score (nSPS) is 13.4. The molecule has 1 unspecified atom stereocenters. The van der Waals surface area contributed by atoms with Crippen molar-refractivity contribution < 1.29 is 0 Å². The van der Waals surface area contributed by atoms with E-state index in [1.54, 1.807) is 11.3 Å². The molecule has 1 nitrogen and oxygen atoms in total. The summed E-state index contributed by atoms with van der Waals surface area (Å²) < 4.78 is 0.854. The summed E-state index contributed by atoms with van der Waals surface area (Å²) in [5, 5.41) is 0. The second kappa shape index (κ2) is 4.10. The number of hydrogen-bond acceptors (Lipinski definition) is 2. The molecule has 0 saturated heterocycles. The van der Waals surface area contributed by atoms with E-state index in [2.05, 4.69) is 13.0 Å². The standard InChI is InChI=1S/C8H12ClNS/c1-2-6(5-10)7-3-4-8(9)11-7/h3-4,6H,2,5,10H2,1H3. The van der Waals surface area contributed by atoms with Gasteiger partial charge in [-0.25, -0.2) is 0 Å². The third-order valence-electron chi connectivity index (χ3n) is 1.77. The summed E-state index contributed by atoms with van der Waals surface area (Å²) in [6.07, 6.45) is 1.09. The lowest BCUT2D eigenvalue weighted by Gasteiger charge is -2.07. The molecule has 1 heterocycles. The molecular weight excluding hydrogens is 178 g/mol. The minimum atomic E-state index is 0.493. The smallest absolute Gasteiger partial charge is 0.0931 e. The van der Waals surface area contributed by atoms with Gasteiger partial charge in [0.2, 0.25) is 0 Å². The van der Waals surface area contributed by atoms with Crippen LogP contribution in [0.4, 0.5) is 0 Å². The van der Waals surface area contributed by atoms with Crippen molar-refractivity contribution >= 4 is 22.9 Å². The molecule has 0 radical (unpaired) electrons. The third kappa shape index (κ3) is 2.19. The molecule has 3 heteroatoms. The Balaban J connectivity index is 2.73. The largest absolute Gasteiger partial charge is 0.330 e. The van der Waals surface area contributed by atoms with E-state index >= 15 is 0 Å². The Morgan fingerprint density at radius 1 is 1.64 bits per heavy atom. The number of thiophene rings is 1. The highest BCUT2D eigenvalue weighted by molar-refractivity contribution is 7.16. The van der Waals surface area contributed by atoms with Crippen LogP contribution in [-0.2, 0) is 0 Å². The monoisotopic (exact) mass is 189 g/mol. The summed E-state index contributed by atoms with van der Waals surface area (Å²) in [5.74, 6) is 0.493. The van der Waals surface area contributed by atoms with Gasteiger partial charge in [-0.15, -0.1) is 11.3 Å². The van der Waals surface area contributed by atoms with Crippen molar-refractivity contribution in [3.8, 4) is 0 Å². The Labute approximate surface area is 76.2 Å². The van der Waals surface area contributed by atoms with Crippen LogP contribution in [0, 0.1) is 0 Å². The first-order valence-electron chi connectivity index (χ1n) is 3.73. The van der Waals surface area contributed by atoms with Crippen molar-refractivity contribution in [3.63, 3.8) is 0 Å². The van der Waals surface area contributed by atoms with Crippen LogP contribution in [0.2, 0.25) is 4.34 Å². The first-order valence-corrected chi connectivity index (χ1v) is 4.92. The van der Waals surface area contributed by atoms with Crippen molar-refractivity contribution in [2.24, 2.45) is 5.73 Å². The van der Waals surface area contributed by atoms with Crippen molar-refractivity contribution in [2.45, 2.75) is 19.3 Å². The van der Waals surface area contributed by atoms with Crippen LogP contribution >= 0.6 is 22.9 Å². The molecule has 0 aliphatic rings. The molecule has 1 aromatic heterocycles. The van der Waals surface area contributed by atoms with Gasteiger partial charge in [-0.3, -0.25) is 0 Å². The van der Waals surface area contributed by atoms with Crippen LogP contribution in [-0.4, -0.2) is 6.54 Å². The number of rotatable bonds is 3. The predicted molar refractivity (Wildman–Crippen MR) is 51.4 cm³/mol. The van der Waals surface area contributed by atoms with Gasteiger partial charge in [-0.1, -0.05) is 18.5 Å². The molecule has 2 N–H and O–H groups in total. The molecule has 0 aliphatic heterocycles. The van der Waals surface area contributed by atoms with Crippen molar-refractivity contribution in [1.82, 2.24) is 0 Å². The number of hydrogen-bond donors (Lipinski definition) is 1. The maximum absolute atomic E-state index is 5.80. The summed E-state index contributed by atoms with van der Waals surface area (Å²) in [4.78, 5) is 1.31. The fraction of sp³-hybridized carbons (Fsp3) is 0.500. The van der Waals surface area contributed by atoms with Gasteiger partial charge in [-0.05, 0) is 25.1 Å². The average Bonchev–Trinajstić information content (AvgIpc) is 2.39. The zero-order chi connectivity index (χ0) is 8.27. The van der Waals surface area contributed by atoms with E-state index in [9.17, 15) is 0 Å². The minimum absolute atomic E-state index is 0.493. The zero-order valence-corrected chi connectivity index (χ0v) is 8.08. The SMILES string of the molecule is CCC(CN)c1ccc(Cl)s1. The Morgan fingerprint density at radius 3 is 2.73 bits per heavy atom. The second-order valence-electron chi connectivity index (χ2n) is 2.48. The molecule has 11 heavy (non-hydrogen) atoms. The van der Waals surface area contributed by atoms with Crippen LogP contribution < -0.4 is 5.73 Å². The summed E-state index contributed by atoms with van der Waals surface area (Å²) in [7, 11) is 0. The van der Waals surface area contributed by atoms with E-state index in [1.807, 2.05) is 6.07 Å². The molecule has 0 aliphatic carbocycles. The summed E-state index contributed by atoms with van der Waals surface area (Å²) in [5.41, 5.74) is 5.59. The molecule has 0 aromatic carbocycles. The van der Waals surface area contributed by atoms with Crippen LogP contribution in [0.25, 0.3) is 0 Å². The van der Waals surface area contributed by atoms with Gasteiger partial charge in [-0.2, -0.15) is 0 Å². The van der Waals surface area contributed by atoms with Crippen LogP contribution in [0.1, 0.15) is 24.1 Å². The maximum Gasteiger partial charge on any atom is 0.0931 e. The molecule has 0 bridgehead atoms. The molecule has 0 amide bonds. The summed E-state index contributed by atoms with van der Waals surface area (Å²) in [6, 6.07) is 3.99. The second-order valence-corrected chi connectivity index (χ2v) is 4.23. The van der Waals surface area contributed by atoms with E-state index in [4.69, 9.17) is 17.3 Å². The Morgan fingerprint density at radius 2 is 2.36 bits per heavy atom. The lowest BCUT2D eigenvalue weighted by molar-refractivity contribution is 0.686. The molecule has 62 valence electrons. The molecule has 1 rings (SSSR count). The minimum Gasteiger partial charge on any atom is -0.330 e. The Hall–Kier alpha value is -0.0500. The summed E-state index contributed by atoms with van der Waals surface area (Å²) in [6.45, 7) is 2.86. The van der Waals surface area contributed by atoms with E-state index in [0.717, 1.165) is 10.8 Å². The Kier molecular flexibility index (Phi) is 3.37. The highest BCUT2D eigenvalue weighted by Gasteiger charge is 2.08. The van der Waals surface area contributed by atoms with Crippen LogP contribution in [0.5, 0.6) is 0 Å². The van der Waals surface area contributed by atoms with Crippen molar-refractivity contribution in [2.75, 3.05) is 6.54 Å². The van der Waals surface area contributed by atoms with Gasteiger partial charge < -0.3 is 5.73 Å². The average molecular weight is 190 g/mol. The predicted octanol–water partition coefficient (Wildman–Crippen LogP) is 2.85. The van der Waals surface area contributed by atoms with Gasteiger partial charge in [0.1, 0.15) is 0 Å². The van der Waals surface area contributed by atoms with Gasteiger partial charge >= 0.3 is 0 Å². The van der Waals surface area contributed by atoms with E-state index in [1.165, 1.54) is 4.88 Å². The molecule has 1 atom stereocenters. The lowest BCUT2D eigenvalue weighted by atomic mass is 10.1. The van der Waals surface area contributed by atoms with Gasteiger partial charge in [0.05, 0.1) is 4.34 Å². The molecule has 0 saturated carbocycles. The van der Waals surface area contributed by atoms with E-state index in [-0.39, 0.29) is 0 Å². The zero-order valence-electron chi connectivity index (χ0n) is 6.51. The summed E-state index contributed by atoms with van der Waals surface area (Å²) >= 11 is 7.43. The molecule has 0 fully saturated rings. The Bertz CT molecular complexity index is 218. The highest BCUT2D eigenvalue weighted by Crippen LogP contribution is 2.29. The van der Waals surface area contributed by atoms with E-state index < -0.39 is 0 Å². The van der Waals surface area contributed by atoms with Crippen LogP contribution in [0.15, 0.2) is 12.1 Å². The quantitative estimate of drug-likeness (QED) is 0.778. The molecule has 0 spiro atoms. The number of nitrogens with two attached hydrogens (primary N) is 1. The van der Waals surface area contributed by atoms with Gasteiger partial charge in [0.25, 0.3) is 0 Å². The van der Waals surface area contributed by atoms with Gasteiger partial charge in [0.15, 0.2) is 0 Å². The van der Waals surface area contributed by atoms with Crippen molar-refractivity contribution in [3.05, 3.63) is 21.3 Å². The third-order valence-corrected chi connectivity index (χ3v) is 3.17. The molecular formula is C8H12ClNS. The van der Waals surface area contributed by atoms with Crippen LogP contribution in [0.3, 0.4) is 0 Å². The molecule has 1 aromatic rings. The fourth-order valence-corrected chi connectivity index (χ4v) is 2.29. The maximum atomic E-state index is 5.80. The van der Waals surface area contributed by atoms with Gasteiger partial charge in [0, 0.05) is 10.8 Å². The topological polar surface area (TPSA) is 26.0 Å². The number of halogens is 1. The van der Waals surface area contributed by atoms with Crippen molar-refractivity contribution in [1.29, 1.82) is 0 Å². The first-order chi connectivity index (χ1) is 5.27. The van der Waals surface area contributed by atoms with E-state index in [0.29, 0.717) is 12.5 Å². The first kappa shape index (κ1) is 9.04. The highest BCUT2D eigenvalue weighted by atomic mass is 35.5. The lowest BCUT2D eigenvalue weighted by Crippen LogP contribution is -2.09.